The number of rotatable bonds is 7. The molecular weight excluding hydrogens is 286 g/mol. The maximum Gasteiger partial charge on any atom is 0.303 e. The van der Waals surface area contributed by atoms with Gasteiger partial charge in [0, 0.05) is 17.2 Å². The van der Waals surface area contributed by atoms with E-state index in [2.05, 4.69) is 5.32 Å². The number of carbonyl (C=O) groups is 2. The number of anilines is 1. The van der Waals surface area contributed by atoms with Gasteiger partial charge in [0.15, 0.2) is 0 Å². The summed E-state index contributed by atoms with van der Waals surface area (Å²) in [6.45, 7) is 0. The van der Waals surface area contributed by atoms with Gasteiger partial charge < -0.3 is 10.4 Å². The fourth-order valence-corrected chi connectivity index (χ4v) is 3.48. The Hall–Kier alpha value is -1.49. The van der Waals surface area contributed by atoms with Gasteiger partial charge in [-0.1, -0.05) is 25.0 Å². The normalized spacial score (nSPS) is 15.0. The molecule has 1 amide bonds. The monoisotopic (exact) mass is 307 g/mol. The number of benzene rings is 1. The first-order valence-electron chi connectivity index (χ1n) is 7.41. The summed E-state index contributed by atoms with van der Waals surface area (Å²) in [4.78, 5) is 23.7. The van der Waals surface area contributed by atoms with Crippen molar-refractivity contribution in [1.82, 2.24) is 0 Å². The molecule has 0 heterocycles. The molecule has 1 aliphatic rings. The van der Waals surface area contributed by atoms with Crippen LogP contribution in [0.4, 0.5) is 5.69 Å². The van der Waals surface area contributed by atoms with Crippen LogP contribution in [0.15, 0.2) is 29.2 Å². The molecule has 21 heavy (non-hydrogen) atoms. The molecule has 0 aliphatic heterocycles. The quantitative estimate of drug-likeness (QED) is 0.594. The van der Waals surface area contributed by atoms with Crippen LogP contribution in [0.3, 0.4) is 0 Å². The predicted molar refractivity (Wildman–Crippen MR) is 84.6 cm³/mol. The molecule has 0 aromatic heterocycles. The lowest BCUT2D eigenvalue weighted by atomic mass is 10.1. The molecule has 114 valence electrons. The molecule has 0 saturated heterocycles. The molecule has 4 nitrogen and oxygen atoms in total. The van der Waals surface area contributed by atoms with Gasteiger partial charge in [-0.15, -0.1) is 11.8 Å². The Balaban J connectivity index is 1.89. The Morgan fingerprint density at radius 3 is 2.67 bits per heavy atom. The number of amides is 1. The van der Waals surface area contributed by atoms with Gasteiger partial charge in [-0.25, -0.2) is 0 Å². The second kappa shape index (κ2) is 8.08. The van der Waals surface area contributed by atoms with Crippen molar-refractivity contribution >= 4 is 29.3 Å². The van der Waals surface area contributed by atoms with Crippen LogP contribution in [-0.4, -0.2) is 22.7 Å². The highest BCUT2D eigenvalue weighted by Crippen LogP contribution is 2.30. The van der Waals surface area contributed by atoms with Crippen molar-refractivity contribution in [2.45, 2.75) is 43.4 Å². The molecule has 1 aromatic carbocycles. The lowest BCUT2D eigenvalue weighted by molar-refractivity contribution is -0.137. The van der Waals surface area contributed by atoms with E-state index in [1.54, 1.807) is 11.8 Å². The first-order valence-corrected chi connectivity index (χ1v) is 8.40. The largest absolute Gasteiger partial charge is 0.481 e. The predicted octanol–water partition coefficient (Wildman–Crippen LogP) is 3.77. The van der Waals surface area contributed by atoms with Gasteiger partial charge in [-0.2, -0.15) is 0 Å². The molecule has 1 fully saturated rings. The summed E-state index contributed by atoms with van der Waals surface area (Å²) in [6, 6.07) is 7.72. The van der Waals surface area contributed by atoms with E-state index in [-0.39, 0.29) is 18.2 Å². The molecule has 1 aromatic rings. The number of carbonyl (C=O) groups excluding carboxylic acids is 1. The van der Waals surface area contributed by atoms with Crippen molar-refractivity contribution in [1.29, 1.82) is 0 Å². The third-order valence-corrected chi connectivity index (χ3v) is 4.82. The molecule has 0 radical (unpaired) electrons. The van der Waals surface area contributed by atoms with Gasteiger partial charge in [0.05, 0.1) is 5.69 Å². The molecular formula is C16H21NO3S. The first-order chi connectivity index (χ1) is 10.2. The zero-order chi connectivity index (χ0) is 15.1. The minimum Gasteiger partial charge on any atom is -0.481 e. The van der Waals surface area contributed by atoms with Crippen molar-refractivity contribution in [2.75, 3.05) is 11.1 Å². The molecule has 2 rings (SSSR count). The van der Waals surface area contributed by atoms with Gasteiger partial charge in [-0.05, 0) is 37.1 Å². The SMILES string of the molecule is O=C(O)CCCSc1ccccc1NC(=O)C1CCCC1. The molecule has 5 heteroatoms. The van der Waals surface area contributed by atoms with Crippen LogP contribution in [0.5, 0.6) is 0 Å². The van der Waals surface area contributed by atoms with Crippen molar-refractivity contribution in [3.05, 3.63) is 24.3 Å². The minimum absolute atomic E-state index is 0.117. The lowest BCUT2D eigenvalue weighted by Gasteiger charge is -2.13. The summed E-state index contributed by atoms with van der Waals surface area (Å²) < 4.78 is 0. The Morgan fingerprint density at radius 1 is 1.24 bits per heavy atom. The molecule has 1 saturated carbocycles. The van der Waals surface area contributed by atoms with E-state index < -0.39 is 5.97 Å². The number of hydrogen-bond donors (Lipinski definition) is 2. The van der Waals surface area contributed by atoms with Gasteiger partial charge in [0.25, 0.3) is 0 Å². The average Bonchev–Trinajstić information content (AvgIpc) is 2.99. The fraction of sp³-hybridized carbons (Fsp3) is 0.500. The summed E-state index contributed by atoms with van der Waals surface area (Å²) in [5.74, 6) is 0.238. The standard InChI is InChI=1S/C16H21NO3S/c18-15(19)10-5-11-21-14-9-4-3-8-13(14)17-16(20)12-6-1-2-7-12/h3-4,8-9,12H,1-2,5-7,10-11H2,(H,17,20)(H,18,19). The van der Waals surface area contributed by atoms with Crippen LogP contribution < -0.4 is 5.32 Å². The maximum atomic E-state index is 12.2. The second-order valence-corrected chi connectivity index (χ2v) is 6.45. The third kappa shape index (κ3) is 5.08. The Labute approximate surface area is 129 Å². The van der Waals surface area contributed by atoms with Gasteiger partial charge in [0.2, 0.25) is 5.91 Å². The molecule has 0 unspecified atom stereocenters. The van der Waals surface area contributed by atoms with Crippen LogP contribution >= 0.6 is 11.8 Å². The summed E-state index contributed by atoms with van der Waals surface area (Å²) >= 11 is 1.60. The number of para-hydroxylation sites is 1. The van der Waals surface area contributed by atoms with E-state index in [4.69, 9.17) is 5.11 Å². The van der Waals surface area contributed by atoms with E-state index in [1.165, 1.54) is 0 Å². The van der Waals surface area contributed by atoms with Gasteiger partial charge in [0.1, 0.15) is 0 Å². The number of hydrogen-bond acceptors (Lipinski definition) is 3. The van der Waals surface area contributed by atoms with Crippen LogP contribution in [0.2, 0.25) is 0 Å². The lowest BCUT2D eigenvalue weighted by Crippen LogP contribution is -2.20. The van der Waals surface area contributed by atoms with Crippen molar-refractivity contribution in [2.24, 2.45) is 5.92 Å². The minimum atomic E-state index is -0.765. The highest BCUT2D eigenvalue weighted by atomic mass is 32.2. The highest BCUT2D eigenvalue weighted by molar-refractivity contribution is 7.99. The Morgan fingerprint density at radius 2 is 1.95 bits per heavy atom. The molecule has 2 N–H and O–H groups in total. The van der Waals surface area contributed by atoms with E-state index in [0.29, 0.717) is 6.42 Å². The number of carboxylic acid groups (broad SMARTS) is 1. The summed E-state index contributed by atoms with van der Waals surface area (Å²) in [6.07, 6.45) is 5.07. The Kier molecular flexibility index (Phi) is 6.11. The van der Waals surface area contributed by atoms with Gasteiger partial charge >= 0.3 is 5.97 Å². The van der Waals surface area contributed by atoms with Crippen LogP contribution in [0, 0.1) is 5.92 Å². The van der Waals surface area contributed by atoms with Crippen molar-refractivity contribution < 1.29 is 14.7 Å². The van der Waals surface area contributed by atoms with Crippen molar-refractivity contribution in [3.63, 3.8) is 0 Å². The van der Waals surface area contributed by atoms with Crippen LogP contribution in [-0.2, 0) is 9.59 Å². The zero-order valence-corrected chi connectivity index (χ0v) is 12.8. The summed E-state index contributed by atoms with van der Waals surface area (Å²) in [5.41, 5.74) is 0.842. The average molecular weight is 307 g/mol. The zero-order valence-electron chi connectivity index (χ0n) is 12.0. The van der Waals surface area contributed by atoms with E-state index in [0.717, 1.165) is 42.0 Å². The van der Waals surface area contributed by atoms with E-state index in [1.807, 2.05) is 24.3 Å². The number of thioether (sulfide) groups is 1. The first kappa shape index (κ1) is 15.9. The molecule has 0 bridgehead atoms. The van der Waals surface area contributed by atoms with Crippen LogP contribution in [0.25, 0.3) is 0 Å². The molecule has 0 spiro atoms. The third-order valence-electron chi connectivity index (χ3n) is 3.66. The van der Waals surface area contributed by atoms with Crippen molar-refractivity contribution in [3.8, 4) is 0 Å². The smallest absolute Gasteiger partial charge is 0.303 e. The topological polar surface area (TPSA) is 66.4 Å². The van der Waals surface area contributed by atoms with E-state index in [9.17, 15) is 9.59 Å². The maximum absolute atomic E-state index is 12.2. The fourth-order valence-electron chi connectivity index (χ4n) is 2.52. The highest BCUT2D eigenvalue weighted by Gasteiger charge is 2.23. The number of nitrogens with one attached hydrogen (secondary N) is 1. The molecule has 1 aliphatic carbocycles. The summed E-state index contributed by atoms with van der Waals surface area (Å²) in [7, 11) is 0. The van der Waals surface area contributed by atoms with E-state index >= 15 is 0 Å². The van der Waals surface area contributed by atoms with Gasteiger partial charge in [-0.3, -0.25) is 9.59 Å². The number of aliphatic carboxylic acids is 1. The van der Waals surface area contributed by atoms with Crippen LogP contribution in [0.1, 0.15) is 38.5 Å². The second-order valence-electron chi connectivity index (χ2n) is 5.31. The Bertz CT molecular complexity index is 498. The number of carboxylic acids is 1. The summed E-state index contributed by atoms with van der Waals surface area (Å²) in [5, 5.41) is 11.7. The molecule has 0 atom stereocenters.